The summed E-state index contributed by atoms with van der Waals surface area (Å²) in [7, 11) is 0. The summed E-state index contributed by atoms with van der Waals surface area (Å²) in [4.78, 5) is 16.2. The van der Waals surface area contributed by atoms with Gasteiger partial charge < -0.3 is 9.47 Å². The summed E-state index contributed by atoms with van der Waals surface area (Å²) in [5, 5.41) is 9.96. The van der Waals surface area contributed by atoms with Crippen LogP contribution in [0, 0.1) is 16.7 Å². The van der Waals surface area contributed by atoms with E-state index in [9.17, 15) is 14.4 Å². The van der Waals surface area contributed by atoms with Gasteiger partial charge in [-0.25, -0.2) is 9.18 Å². The predicted molar refractivity (Wildman–Crippen MR) is 92.3 cm³/mol. The second kappa shape index (κ2) is 6.24. The molecule has 0 saturated heterocycles. The van der Waals surface area contributed by atoms with Gasteiger partial charge in [-0.2, -0.15) is 5.26 Å². The Morgan fingerprint density at radius 1 is 1.27 bits per heavy atom. The molecule has 0 bridgehead atoms. The number of fused-ring (bicyclic) bond motifs is 1. The Balaban J connectivity index is 1.35. The van der Waals surface area contributed by atoms with E-state index in [4.69, 9.17) is 9.47 Å². The van der Waals surface area contributed by atoms with Gasteiger partial charge in [-0.3, -0.25) is 4.98 Å². The zero-order valence-electron chi connectivity index (χ0n) is 14.3. The lowest BCUT2D eigenvalue weighted by Gasteiger charge is -2.55. The van der Waals surface area contributed by atoms with Gasteiger partial charge in [-0.15, -0.1) is 0 Å². The monoisotopic (exact) mass is 354 g/mol. The SMILES string of the molecule is N#Cc1cnc2ccccc2c1OCCOC(=O)C1(F)CC2(CCC2)C1. The fraction of sp³-hybridized carbons (Fsp3) is 0.450. The molecule has 0 N–H and O–H groups in total. The van der Waals surface area contributed by atoms with E-state index in [0.29, 0.717) is 22.2 Å². The zero-order valence-corrected chi connectivity index (χ0v) is 14.3. The number of hydrogen-bond acceptors (Lipinski definition) is 5. The van der Waals surface area contributed by atoms with Crippen molar-refractivity contribution in [3.8, 4) is 11.8 Å². The number of pyridine rings is 1. The minimum Gasteiger partial charge on any atom is -0.488 e. The second-order valence-corrected chi connectivity index (χ2v) is 7.29. The van der Waals surface area contributed by atoms with Crippen LogP contribution < -0.4 is 4.74 Å². The molecule has 1 aromatic heterocycles. The lowest BCUT2D eigenvalue weighted by molar-refractivity contribution is -0.185. The molecular formula is C20H19FN2O3. The Morgan fingerprint density at radius 3 is 2.73 bits per heavy atom. The van der Waals surface area contributed by atoms with Crippen molar-refractivity contribution in [1.29, 1.82) is 5.26 Å². The van der Waals surface area contributed by atoms with Crippen molar-refractivity contribution >= 4 is 16.9 Å². The lowest BCUT2D eigenvalue weighted by atomic mass is 9.50. The van der Waals surface area contributed by atoms with E-state index in [1.807, 2.05) is 30.3 Å². The summed E-state index contributed by atoms with van der Waals surface area (Å²) in [5.74, 6) is -0.389. The number of aromatic nitrogens is 1. The molecule has 0 amide bonds. The van der Waals surface area contributed by atoms with Crippen LogP contribution in [0.3, 0.4) is 0 Å². The van der Waals surface area contributed by atoms with E-state index in [1.54, 1.807) is 0 Å². The highest BCUT2D eigenvalue weighted by Gasteiger charge is 2.62. The van der Waals surface area contributed by atoms with Crippen LogP contribution in [0.1, 0.15) is 37.7 Å². The van der Waals surface area contributed by atoms with E-state index in [2.05, 4.69) is 4.98 Å². The molecule has 5 nitrogen and oxygen atoms in total. The first kappa shape index (κ1) is 16.8. The molecular weight excluding hydrogens is 335 g/mol. The van der Waals surface area contributed by atoms with Crippen molar-refractivity contribution in [2.75, 3.05) is 13.2 Å². The van der Waals surface area contributed by atoms with Gasteiger partial charge in [-0.05, 0) is 43.2 Å². The molecule has 2 fully saturated rings. The molecule has 1 spiro atoms. The third kappa shape index (κ3) is 2.78. The quantitative estimate of drug-likeness (QED) is 0.605. The minimum atomic E-state index is -1.83. The highest BCUT2D eigenvalue weighted by molar-refractivity contribution is 5.87. The van der Waals surface area contributed by atoms with Crippen molar-refractivity contribution in [3.05, 3.63) is 36.0 Å². The van der Waals surface area contributed by atoms with Gasteiger partial charge in [0.1, 0.15) is 30.6 Å². The molecule has 6 heteroatoms. The van der Waals surface area contributed by atoms with Crippen LogP contribution in [0.15, 0.2) is 30.5 Å². The van der Waals surface area contributed by atoms with Gasteiger partial charge in [0.25, 0.3) is 0 Å². The van der Waals surface area contributed by atoms with E-state index in [1.165, 1.54) is 6.20 Å². The van der Waals surface area contributed by atoms with Crippen LogP contribution >= 0.6 is 0 Å². The highest BCUT2D eigenvalue weighted by Crippen LogP contribution is 2.62. The normalized spacial score (nSPS) is 19.2. The maximum absolute atomic E-state index is 14.5. The van der Waals surface area contributed by atoms with Crippen molar-refractivity contribution in [3.63, 3.8) is 0 Å². The molecule has 0 atom stereocenters. The van der Waals surface area contributed by atoms with Gasteiger partial charge >= 0.3 is 5.97 Å². The van der Waals surface area contributed by atoms with Crippen LogP contribution in [-0.4, -0.2) is 29.8 Å². The number of carbonyl (C=O) groups excluding carboxylic acids is 1. The average molecular weight is 354 g/mol. The highest BCUT2D eigenvalue weighted by atomic mass is 19.1. The summed E-state index contributed by atoms with van der Waals surface area (Å²) in [6.07, 6.45) is 5.18. The van der Waals surface area contributed by atoms with Crippen molar-refractivity contribution in [2.45, 2.75) is 37.8 Å². The van der Waals surface area contributed by atoms with E-state index < -0.39 is 11.6 Å². The Bertz CT molecular complexity index is 894. The molecule has 0 radical (unpaired) electrons. The van der Waals surface area contributed by atoms with Crippen LogP contribution in [0.4, 0.5) is 4.39 Å². The molecule has 4 rings (SSSR count). The summed E-state index contributed by atoms with van der Waals surface area (Å²) in [5.41, 5.74) is -0.756. The van der Waals surface area contributed by atoms with Crippen molar-refractivity contribution in [1.82, 2.24) is 4.98 Å². The Labute approximate surface area is 150 Å². The Kier molecular flexibility index (Phi) is 4.03. The molecule has 2 aromatic rings. The van der Waals surface area contributed by atoms with E-state index in [-0.39, 0.29) is 31.5 Å². The van der Waals surface area contributed by atoms with Gasteiger partial charge in [0.05, 0.1) is 5.52 Å². The lowest BCUT2D eigenvalue weighted by Crippen LogP contribution is -2.57. The molecule has 0 aliphatic heterocycles. The molecule has 0 unspecified atom stereocenters. The van der Waals surface area contributed by atoms with Crippen molar-refractivity contribution in [2.24, 2.45) is 5.41 Å². The number of benzene rings is 1. The molecule has 2 aliphatic carbocycles. The topological polar surface area (TPSA) is 72.2 Å². The predicted octanol–water partition coefficient (Wildman–Crippen LogP) is 3.70. The maximum Gasteiger partial charge on any atom is 0.344 e. The Hall–Kier alpha value is -2.68. The number of hydrogen-bond donors (Lipinski definition) is 0. The van der Waals surface area contributed by atoms with Crippen LogP contribution in [-0.2, 0) is 9.53 Å². The second-order valence-electron chi connectivity index (χ2n) is 7.29. The first-order valence-corrected chi connectivity index (χ1v) is 8.82. The summed E-state index contributed by atoms with van der Waals surface area (Å²) < 4.78 is 25.3. The number of alkyl halides is 1. The molecule has 1 heterocycles. The maximum atomic E-state index is 14.5. The fourth-order valence-corrected chi connectivity index (χ4v) is 4.07. The molecule has 1 aromatic carbocycles. The van der Waals surface area contributed by atoms with Crippen molar-refractivity contribution < 1.29 is 18.7 Å². The van der Waals surface area contributed by atoms with Gasteiger partial charge in [-0.1, -0.05) is 18.6 Å². The van der Waals surface area contributed by atoms with Gasteiger partial charge in [0.15, 0.2) is 0 Å². The molecule has 2 aliphatic rings. The fourth-order valence-electron chi connectivity index (χ4n) is 4.07. The summed E-state index contributed by atoms with van der Waals surface area (Å²) in [6, 6.07) is 9.36. The third-order valence-corrected chi connectivity index (χ3v) is 5.50. The molecule has 134 valence electrons. The molecule has 26 heavy (non-hydrogen) atoms. The first-order valence-electron chi connectivity index (χ1n) is 8.82. The first-order chi connectivity index (χ1) is 12.6. The van der Waals surface area contributed by atoms with Crippen LogP contribution in [0.5, 0.6) is 5.75 Å². The number of ether oxygens (including phenoxy) is 2. The minimum absolute atomic E-state index is 0.0512. The van der Waals surface area contributed by atoms with E-state index in [0.717, 1.165) is 19.3 Å². The number of carbonyl (C=O) groups is 1. The average Bonchev–Trinajstić information content (AvgIpc) is 2.60. The van der Waals surface area contributed by atoms with Gasteiger partial charge in [0, 0.05) is 11.6 Å². The van der Waals surface area contributed by atoms with E-state index >= 15 is 0 Å². The summed E-state index contributed by atoms with van der Waals surface area (Å²) >= 11 is 0. The van der Waals surface area contributed by atoms with Gasteiger partial charge in [0.2, 0.25) is 5.67 Å². The van der Waals surface area contributed by atoms with Crippen LogP contribution in [0.2, 0.25) is 0 Å². The number of nitrogens with zero attached hydrogens (tertiary/aromatic N) is 2. The smallest absolute Gasteiger partial charge is 0.344 e. The number of nitriles is 1. The van der Waals surface area contributed by atoms with Crippen LogP contribution in [0.25, 0.3) is 10.9 Å². The number of esters is 1. The largest absolute Gasteiger partial charge is 0.488 e. The molecule has 2 saturated carbocycles. The number of rotatable bonds is 5. The Morgan fingerprint density at radius 2 is 2.04 bits per heavy atom. The number of halogens is 1. The zero-order chi connectivity index (χ0) is 18.2. The standard InChI is InChI=1S/C20H19FN2O3/c21-20(12-19(13-20)6-3-7-19)18(24)26-9-8-25-17-14(10-22)11-23-16-5-2-1-4-15(16)17/h1-2,4-5,11H,3,6-9,12-13H2. The third-order valence-electron chi connectivity index (χ3n) is 5.50. The summed E-state index contributed by atoms with van der Waals surface area (Å²) in [6.45, 7) is -0.00529. The number of para-hydroxylation sites is 1.